The summed E-state index contributed by atoms with van der Waals surface area (Å²) in [7, 11) is 0. The smallest absolute Gasteiger partial charge is 0.0414 e. The first-order valence-electron chi connectivity index (χ1n) is 3.01. The van der Waals surface area contributed by atoms with Gasteiger partial charge >= 0.3 is 0 Å². The Balaban J connectivity index is 3.01. The number of rotatable bonds is 4. The standard InChI is InChI=1S/C6H12O2S/c1-5(9)3-2-4-6(7)8/h5,9H,2-4H2,1H3,(H,7,8)/p-1. The Morgan fingerprint density at radius 1 is 1.78 bits per heavy atom. The zero-order chi connectivity index (χ0) is 7.28. The minimum Gasteiger partial charge on any atom is -0.550 e. The van der Waals surface area contributed by atoms with E-state index in [1.54, 1.807) is 0 Å². The Labute approximate surface area is 60.7 Å². The molecule has 0 amide bonds. The summed E-state index contributed by atoms with van der Waals surface area (Å²) in [6, 6.07) is 0. The van der Waals surface area contributed by atoms with Gasteiger partial charge in [-0.1, -0.05) is 6.92 Å². The molecule has 54 valence electrons. The fourth-order valence-electron chi connectivity index (χ4n) is 0.542. The Morgan fingerprint density at radius 2 is 2.33 bits per heavy atom. The number of aliphatic carboxylic acids is 1. The molecular weight excluding hydrogens is 136 g/mol. The topological polar surface area (TPSA) is 40.1 Å². The van der Waals surface area contributed by atoms with Gasteiger partial charge in [-0.2, -0.15) is 12.6 Å². The van der Waals surface area contributed by atoms with Crippen molar-refractivity contribution in [2.45, 2.75) is 31.4 Å². The fraction of sp³-hybridized carbons (Fsp3) is 0.833. The van der Waals surface area contributed by atoms with Crippen molar-refractivity contribution < 1.29 is 9.90 Å². The number of hydrogen-bond donors (Lipinski definition) is 1. The summed E-state index contributed by atoms with van der Waals surface area (Å²) in [6.07, 6.45) is 1.68. The molecule has 0 aliphatic rings. The van der Waals surface area contributed by atoms with Gasteiger partial charge in [0.2, 0.25) is 0 Å². The first-order chi connectivity index (χ1) is 4.13. The second-order valence-electron chi connectivity index (χ2n) is 2.11. The Kier molecular flexibility index (Phi) is 4.58. The quantitative estimate of drug-likeness (QED) is 0.578. The van der Waals surface area contributed by atoms with Crippen molar-refractivity contribution in [3.05, 3.63) is 0 Å². The average molecular weight is 147 g/mol. The van der Waals surface area contributed by atoms with Crippen LogP contribution in [0.15, 0.2) is 0 Å². The van der Waals surface area contributed by atoms with Gasteiger partial charge in [-0.3, -0.25) is 0 Å². The molecule has 0 rings (SSSR count). The predicted molar refractivity (Wildman–Crippen MR) is 37.3 cm³/mol. The van der Waals surface area contributed by atoms with Gasteiger partial charge in [0.15, 0.2) is 0 Å². The van der Waals surface area contributed by atoms with Crippen molar-refractivity contribution in [3.8, 4) is 0 Å². The summed E-state index contributed by atoms with van der Waals surface area (Å²) in [4.78, 5) is 9.84. The third kappa shape index (κ3) is 7.82. The van der Waals surface area contributed by atoms with Crippen LogP contribution in [0.25, 0.3) is 0 Å². The SMILES string of the molecule is CC(S)CCCC(=O)[O-]. The maximum atomic E-state index is 9.84. The molecule has 2 nitrogen and oxygen atoms in total. The van der Waals surface area contributed by atoms with E-state index in [0.717, 1.165) is 6.42 Å². The van der Waals surface area contributed by atoms with Crippen molar-refractivity contribution >= 4 is 18.6 Å². The zero-order valence-electron chi connectivity index (χ0n) is 5.46. The molecule has 0 aliphatic heterocycles. The first kappa shape index (κ1) is 8.82. The molecule has 0 saturated heterocycles. The van der Waals surface area contributed by atoms with Crippen LogP contribution in [0, 0.1) is 0 Å². The van der Waals surface area contributed by atoms with Gasteiger partial charge in [0, 0.05) is 5.97 Å². The van der Waals surface area contributed by atoms with Crippen LogP contribution in [-0.4, -0.2) is 11.2 Å². The summed E-state index contributed by atoms with van der Waals surface area (Å²) >= 11 is 4.09. The number of carboxylic acids is 1. The van der Waals surface area contributed by atoms with Crippen LogP contribution < -0.4 is 5.11 Å². The molecule has 1 atom stereocenters. The van der Waals surface area contributed by atoms with Gasteiger partial charge in [0.05, 0.1) is 0 Å². The van der Waals surface area contributed by atoms with Crippen molar-refractivity contribution in [3.63, 3.8) is 0 Å². The molecule has 0 spiro atoms. The molecule has 0 saturated carbocycles. The summed E-state index contributed by atoms with van der Waals surface area (Å²) in [5.41, 5.74) is 0. The van der Waals surface area contributed by atoms with Gasteiger partial charge in [0.25, 0.3) is 0 Å². The highest BCUT2D eigenvalue weighted by Crippen LogP contribution is 2.04. The highest BCUT2D eigenvalue weighted by molar-refractivity contribution is 7.80. The number of carbonyl (C=O) groups excluding carboxylic acids is 1. The summed E-state index contributed by atoms with van der Waals surface area (Å²) in [5.74, 6) is -0.969. The third-order valence-corrected chi connectivity index (χ3v) is 1.26. The minimum atomic E-state index is -0.969. The molecule has 9 heavy (non-hydrogen) atoms. The lowest BCUT2D eigenvalue weighted by Gasteiger charge is -2.03. The Bertz CT molecular complexity index is 91.1. The zero-order valence-corrected chi connectivity index (χ0v) is 6.36. The molecule has 0 radical (unpaired) electrons. The van der Waals surface area contributed by atoms with E-state index in [0.29, 0.717) is 11.7 Å². The van der Waals surface area contributed by atoms with Gasteiger partial charge in [0.1, 0.15) is 0 Å². The number of carbonyl (C=O) groups is 1. The van der Waals surface area contributed by atoms with E-state index in [4.69, 9.17) is 0 Å². The monoisotopic (exact) mass is 147 g/mol. The minimum absolute atomic E-state index is 0.158. The molecular formula is C6H11O2S-. The van der Waals surface area contributed by atoms with Crippen molar-refractivity contribution in [2.24, 2.45) is 0 Å². The summed E-state index contributed by atoms with van der Waals surface area (Å²) < 4.78 is 0. The second kappa shape index (κ2) is 4.68. The Hall–Kier alpha value is -0.180. The molecule has 0 heterocycles. The van der Waals surface area contributed by atoms with E-state index < -0.39 is 5.97 Å². The lowest BCUT2D eigenvalue weighted by atomic mass is 10.2. The lowest BCUT2D eigenvalue weighted by molar-refractivity contribution is -0.305. The van der Waals surface area contributed by atoms with Gasteiger partial charge in [-0.15, -0.1) is 0 Å². The van der Waals surface area contributed by atoms with Crippen molar-refractivity contribution in [1.29, 1.82) is 0 Å². The predicted octanol–water partition coefficient (Wildman–Crippen LogP) is 0.225. The van der Waals surface area contributed by atoms with Crippen molar-refractivity contribution in [1.82, 2.24) is 0 Å². The normalized spacial score (nSPS) is 13.1. The van der Waals surface area contributed by atoms with Gasteiger partial charge < -0.3 is 9.90 Å². The molecule has 3 heteroatoms. The summed E-state index contributed by atoms with van der Waals surface area (Å²) in [5, 5.41) is 10.1. The second-order valence-corrected chi connectivity index (χ2v) is 2.99. The third-order valence-electron chi connectivity index (χ3n) is 1.00. The van der Waals surface area contributed by atoms with E-state index >= 15 is 0 Å². The van der Waals surface area contributed by atoms with Crippen LogP contribution in [0.3, 0.4) is 0 Å². The number of carboxylic acid groups (broad SMARTS) is 1. The molecule has 1 unspecified atom stereocenters. The van der Waals surface area contributed by atoms with E-state index in [9.17, 15) is 9.90 Å². The first-order valence-corrected chi connectivity index (χ1v) is 3.52. The molecule has 0 aliphatic carbocycles. The van der Waals surface area contributed by atoms with Gasteiger partial charge in [-0.05, 0) is 24.5 Å². The molecule has 0 aromatic rings. The molecule has 0 aromatic carbocycles. The van der Waals surface area contributed by atoms with Crippen molar-refractivity contribution in [2.75, 3.05) is 0 Å². The number of hydrogen-bond acceptors (Lipinski definition) is 3. The molecule has 0 bridgehead atoms. The highest BCUT2D eigenvalue weighted by Gasteiger charge is 1.93. The molecule has 0 fully saturated rings. The largest absolute Gasteiger partial charge is 0.550 e. The van der Waals surface area contributed by atoms with Crippen LogP contribution in [0.2, 0.25) is 0 Å². The fourth-order valence-corrected chi connectivity index (χ4v) is 0.724. The highest BCUT2D eigenvalue weighted by atomic mass is 32.1. The van der Waals surface area contributed by atoms with E-state index in [-0.39, 0.29) is 6.42 Å². The average Bonchev–Trinajstić information content (AvgIpc) is 1.63. The lowest BCUT2D eigenvalue weighted by Crippen LogP contribution is -2.21. The maximum Gasteiger partial charge on any atom is 0.0414 e. The van der Waals surface area contributed by atoms with Crippen LogP contribution in [0.4, 0.5) is 0 Å². The van der Waals surface area contributed by atoms with E-state index in [1.807, 2.05) is 6.92 Å². The maximum absolute atomic E-state index is 9.84. The van der Waals surface area contributed by atoms with Crippen LogP contribution in [0.5, 0.6) is 0 Å². The van der Waals surface area contributed by atoms with E-state index in [2.05, 4.69) is 12.6 Å². The molecule has 0 N–H and O–H groups in total. The Morgan fingerprint density at radius 3 is 2.67 bits per heavy atom. The van der Waals surface area contributed by atoms with Crippen LogP contribution in [-0.2, 0) is 4.79 Å². The summed E-state index contributed by atoms with van der Waals surface area (Å²) in [6.45, 7) is 1.94. The van der Waals surface area contributed by atoms with E-state index in [1.165, 1.54) is 0 Å². The van der Waals surface area contributed by atoms with Crippen LogP contribution in [0.1, 0.15) is 26.2 Å². The molecule has 0 aromatic heterocycles. The van der Waals surface area contributed by atoms with Crippen LogP contribution >= 0.6 is 12.6 Å². The van der Waals surface area contributed by atoms with Gasteiger partial charge in [-0.25, -0.2) is 0 Å². The number of thiol groups is 1.